The second-order valence-corrected chi connectivity index (χ2v) is 7.75. The summed E-state index contributed by atoms with van der Waals surface area (Å²) in [6.07, 6.45) is 3.94. The summed E-state index contributed by atoms with van der Waals surface area (Å²) in [7, 11) is 4.07. The molecule has 0 bridgehead atoms. The molecular weight excluding hydrogens is 290 g/mol. The van der Waals surface area contributed by atoms with Crippen LogP contribution in [0.3, 0.4) is 0 Å². The van der Waals surface area contributed by atoms with E-state index in [1.807, 2.05) is 7.11 Å². The lowest BCUT2D eigenvalue weighted by molar-refractivity contribution is -0.0458. The highest BCUT2D eigenvalue weighted by Crippen LogP contribution is 2.29. The van der Waals surface area contributed by atoms with Gasteiger partial charge in [0.05, 0.1) is 19.3 Å². The summed E-state index contributed by atoms with van der Waals surface area (Å²) in [6.45, 7) is 12.8. The fraction of sp³-hybridized carbons (Fsp3) is 1.00. The van der Waals surface area contributed by atoms with E-state index in [1.54, 1.807) is 0 Å². The Bertz CT molecular complexity index is 324. The minimum absolute atomic E-state index is 0.298. The van der Waals surface area contributed by atoms with Gasteiger partial charge in [0.2, 0.25) is 0 Å². The van der Waals surface area contributed by atoms with E-state index in [-0.39, 0.29) is 0 Å². The first-order chi connectivity index (χ1) is 11.1. The Hall–Kier alpha value is -0.200. The van der Waals surface area contributed by atoms with Gasteiger partial charge in [-0.2, -0.15) is 0 Å². The molecule has 0 saturated carbocycles. The normalized spacial score (nSPS) is 24.9. The van der Waals surface area contributed by atoms with Crippen LogP contribution in [0.25, 0.3) is 0 Å². The van der Waals surface area contributed by atoms with Crippen LogP contribution in [0.2, 0.25) is 0 Å². The zero-order valence-electron chi connectivity index (χ0n) is 15.6. The van der Waals surface area contributed by atoms with E-state index in [0.29, 0.717) is 17.6 Å². The van der Waals surface area contributed by atoms with Crippen molar-refractivity contribution >= 4 is 0 Å². The number of hydrogen-bond donors (Lipinski definition) is 1. The van der Waals surface area contributed by atoms with Crippen LogP contribution < -0.4 is 5.32 Å². The Balaban J connectivity index is 1.89. The molecule has 0 amide bonds. The predicted molar refractivity (Wildman–Crippen MR) is 95.0 cm³/mol. The molecule has 0 aromatic carbocycles. The number of morpholine rings is 1. The molecule has 2 aliphatic rings. The maximum Gasteiger partial charge on any atom is 0.0698 e. The second-order valence-electron chi connectivity index (χ2n) is 7.75. The number of ether oxygens (including phenoxy) is 2. The van der Waals surface area contributed by atoms with Gasteiger partial charge >= 0.3 is 0 Å². The lowest BCUT2D eigenvalue weighted by Gasteiger charge is -2.50. The smallest absolute Gasteiger partial charge is 0.0698 e. The molecular formula is C18H37N3O2. The van der Waals surface area contributed by atoms with E-state index >= 15 is 0 Å². The van der Waals surface area contributed by atoms with Crippen molar-refractivity contribution in [3.63, 3.8) is 0 Å². The molecule has 2 rings (SSSR count). The van der Waals surface area contributed by atoms with Crippen LogP contribution in [0.5, 0.6) is 0 Å². The molecule has 136 valence electrons. The van der Waals surface area contributed by atoms with Gasteiger partial charge in [-0.25, -0.2) is 0 Å². The number of nitrogens with one attached hydrogen (secondary N) is 1. The molecule has 2 fully saturated rings. The molecule has 1 atom stereocenters. The van der Waals surface area contributed by atoms with Crippen molar-refractivity contribution in [1.29, 1.82) is 0 Å². The molecule has 2 heterocycles. The van der Waals surface area contributed by atoms with Gasteiger partial charge in [0.15, 0.2) is 0 Å². The third-order valence-electron chi connectivity index (χ3n) is 5.49. The van der Waals surface area contributed by atoms with E-state index in [4.69, 9.17) is 9.47 Å². The summed E-state index contributed by atoms with van der Waals surface area (Å²) in [5.41, 5.74) is 0.298. The molecule has 5 heteroatoms. The highest BCUT2D eigenvalue weighted by molar-refractivity contribution is 4.97. The lowest BCUT2D eigenvalue weighted by Crippen LogP contribution is -2.62. The van der Waals surface area contributed by atoms with Crippen LogP contribution in [-0.2, 0) is 9.47 Å². The zero-order chi connectivity index (χ0) is 16.7. The minimum atomic E-state index is 0.298. The number of rotatable bonds is 8. The molecule has 0 radical (unpaired) electrons. The monoisotopic (exact) mass is 327 g/mol. The first-order valence-corrected chi connectivity index (χ1v) is 9.30. The molecule has 0 aliphatic carbocycles. The van der Waals surface area contributed by atoms with Gasteiger partial charge in [0.25, 0.3) is 0 Å². The third-order valence-corrected chi connectivity index (χ3v) is 5.49. The third kappa shape index (κ3) is 5.68. The second kappa shape index (κ2) is 9.33. The van der Waals surface area contributed by atoms with Gasteiger partial charge in [-0.15, -0.1) is 0 Å². The van der Waals surface area contributed by atoms with Crippen LogP contribution in [0.1, 0.15) is 33.1 Å². The van der Waals surface area contributed by atoms with E-state index in [2.05, 4.69) is 36.0 Å². The molecule has 2 saturated heterocycles. The first kappa shape index (κ1) is 19.1. The summed E-state index contributed by atoms with van der Waals surface area (Å²) >= 11 is 0. The van der Waals surface area contributed by atoms with Crippen molar-refractivity contribution < 1.29 is 9.47 Å². The Labute approximate surface area is 142 Å². The quantitative estimate of drug-likeness (QED) is 0.730. The highest BCUT2D eigenvalue weighted by Gasteiger charge is 2.39. The zero-order valence-corrected chi connectivity index (χ0v) is 15.6. The molecule has 1 N–H and O–H groups in total. The van der Waals surface area contributed by atoms with Crippen molar-refractivity contribution in [2.24, 2.45) is 5.92 Å². The molecule has 23 heavy (non-hydrogen) atoms. The predicted octanol–water partition coefficient (Wildman–Crippen LogP) is 1.43. The van der Waals surface area contributed by atoms with Crippen LogP contribution >= 0.6 is 0 Å². The molecule has 0 aromatic rings. The van der Waals surface area contributed by atoms with Gasteiger partial charge in [-0.3, -0.25) is 4.90 Å². The lowest BCUT2D eigenvalue weighted by atomic mass is 9.85. The molecule has 2 aliphatic heterocycles. The fourth-order valence-corrected chi connectivity index (χ4v) is 3.93. The average molecular weight is 328 g/mol. The topological polar surface area (TPSA) is 37.0 Å². The van der Waals surface area contributed by atoms with Gasteiger partial charge in [0, 0.05) is 38.8 Å². The number of piperidine rings is 1. The maximum atomic E-state index is 5.64. The molecule has 1 unspecified atom stereocenters. The molecule has 5 nitrogen and oxygen atoms in total. The van der Waals surface area contributed by atoms with E-state index in [0.717, 1.165) is 45.8 Å². The highest BCUT2D eigenvalue weighted by atomic mass is 16.5. The largest absolute Gasteiger partial charge is 0.380 e. The number of nitrogens with zero attached hydrogens (tertiary/aromatic N) is 2. The standard InChI is InChI=1S/C18H37N3O2/c1-16(2)13-17(22-4)14-19-15-18(5-7-20(3)8-6-18)21-9-11-23-12-10-21/h16-17,19H,5-15H2,1-4H3. The number of likely N-dealkylation sites (tertiary alicyclic amines) is 1. The Morgan fingerprint density at radius 2 is 1.78 bits per heavy atom. The summed E-state index contributed by atoms with van der Waals surface area (Å²) < 4.78 is 11.2. The van der Waals surface area contributed by atoms with Crippen molar-refractivity contribution in [2.75, 3.05) is 66.6 Å². The minimum Gasteiger partial charge on any atom is -0.380 e. The van der Waals surface area contributed by atoms with Crippen LogP contribution in [0, 0.1) is 5.92 Å². The Kier molecular flexibility index (Phi) is 7.76. The van der Waals surface area contributed by atoms with Gasteiger partial charge < -0.3 is 19.7 Å². The van der Waals surface area contributed by atoms with Crippen molar-refractivity contribution in [2.45, 2.75) is 44.8 Å². The molecule has 0 aromatic heterocycles. The van der Waals surface area contributed by atoms with E-state index in [9.17, 15) is 0 Å². The first-order valence-electron chi connectivity index (χ1n) is 9.30. The summed E-state index contributed by atoms with van der Waals surface area (Å²) in [6, 6.07) is 0. The van der Waals surface area contributed by atoms with Gasteiger partial charge in [0.1, 0.15) is 0 Å². The Morgan fingerprint density at radius 1 is 1.13 bits per heavy atom. The maximum absolute atomic E-state index is 5.64. The SMILES string of the molecule is COC(CNCC1(N2CCOCC2)CCN(C)CC1)CC(C)C. The van der Waals surface area contributed by atoms with E-state index in [1.165, 1.54) is 25.9 Å². The van der Waals surface area contributed by atoms with Gasteiger partial charge in [-0.1, -0.05) is 13.8 Å². The number of methoxy groups -OCH3 is 1. The van der Waals surface area contributed by atoms with Crippen LogP contribution in [-0.4, -0.2) is 88.1 Å². The number of hydrogen-bond acceptors (Lipinski definition) is 5. The van der Waals surface area contributed by atoms with Crippen molar-refractivity contribution in [3.05, 3.63) is 0 Å². The average Bonchev–Trinajstić information content (AvgIpc) is 2.56. The molecule has 0 spiro atoms. The summed E-state index contributed by atoms with van der Waals surface area (Å²) in [5, 5.41) is 3.74. The van der Waals surface area contributed by atoms with Crippen molar-refractivity contribution in [3.8, 4) is 0 Å². The summed E-state index contributed by atoms with van der Waals surface area (Å²) in [5.74, 6) is 0.679. The Morgan fingerprint density at radius 3 is 2.35 bits per heavy atom. The fourth-order valence-electron chi connectivity index (χ4n) is 3.93. The van der Waals surface area contributed by atoms with E-state index < -0.39 is 0 Å². The van der Waals surface area contributed by atoms with Gasteiger partial charge in [-0.05, 0) is 45.3 Å². The summed E-state index contributed by atoms with van der Waals surface area (Å²) in [4.78, 5) is 5.14. The van der Waals surface area contributed by atoms with Crippen molar-refractivity contribution in [1.82, 2.24) is 15.1 Å². The van der Waals surface area contributed by atoms with Crippen LogP contribution in [0.15, 0.2) is 0 Å². The van der Waals surface area contributed by atoms with Crippen LogP contribution in [0.4, 0.5) is 0 Å².